The molecule has 146 valence electrons. The third-order valence-electron chi connectivity index (χ3n) is 4.36. The average molecular weight is 389 g/mol. The van der Waals surface area contributed by atoms with Gasteiger partial charge in [-0.3, -0.25) is 4.79 Å². The van der Waals surface area contributed by atoms with Crippen molar-refractivity contribution in [2.45, 2.75) is 20.4 Å². The van der Waals surface area contributed by atoms with Gasteiger partial charge in [0.05, 0.1) is 25.0 Å². The van der Waals surface area contributed by atoms with Crippen LogP contribution in [0.4, 0.5) is 0 Å². The van der Waals surface area contributed by atoms with Crippen LogP contribution in [-0.2, 0) is 6.54 Å². The molecule has 3 aromatic heterocycles. The van der Waals surface area contributed by atoms with Crippen LogP contribution in [0.2, 0.25) is 0 Å². The van der Waals surface area contributed by atoms with Gasteiger partial charge < -0.3 is 10.1 Å². The van der Waals surface area contributed by atoms with Gasteiger partial charge in [0.1, 0.15) is 12.1 Å². The lowest BCUT2D eigenvalue weighted by Crippen LogP contribution is -2.24. The van der Waals surface area contributed by atoms with Crippen molar-refractivity contribution in [2.24, 2.45) is 0 Å². The smallest absolute Gasteiger partial charge is 0.291 e. The molecule has 0 spiro atoms. The lowest BCUT2D eigenvalue weighted by atomic mass is 10.1. The van der Waals surface area contributed by atoms with E-state index in [1.807, 2.05) is 50.2 Å². The Balaban J connectivity index is 1.48. The summed E-state index contributed by atoms with van der Waals surface area (Å²) in [5.74, 6) is 0.847. The molecule has 3 heterocycles. The van der Waals surface area contributed by atoms with Gasteiger partial charge in [-0.25, -0.2) is 19.5 Å². The molecule has 0 bridgehead atoms. The topological polar surface area (TPSA) is 107 Å². The zero-order valence-corrected chi connectivity index (χ0v) is 16.2. The first kappa shape index (κ1) is 18.5. The molecule has 4 aromatic rings. The zero-order chi connectivity index (χ0) is 20.4. The van der Waals surface area contributed by atoms with E-state index in [-0.39, 0.29) is 12.4 Å². The van der Waals surface area contributed by atoms with Crippen LogP contribution >= 0.6 is 0 Å². The highest BCUT2D eigenvalue weighted by molar-refractivity contribution is 5.90. The molecule has 1 N–H and O–H groups in total. The van der Waals surface area contributed by atoms with Crippen molar-refractivity contribution in [3.63, 3.8) is 0 Å². The molecule has 4 rings (SSSR count). The second-order valence-electron chi connectivity index (χ2n) is 6.49. The fourth-order valence-corrected chi connectivity index (χ4v) is 2.93. The Morgan fingerprint density at radius 3 is 2.66 bits per heavy atom. The van der Waals surface area contributed by atoms with Crippen LogP contribution in [0.25, 0.3) is 17.0 Å². The molecule has 0 unspecified atom stereocenters. The normalized spacial score (nSPS) is 10.9. The van der Waals surface area contributed by atoms with Crippen LogP contribution in [-0.4, -0.2) is 42.6 Å². The molecule has 0 fully saturated rings. The molecule has 0 aliphatic carbocycles. The van der Waals surface area contributed by atoms with Gasteiger partial charge in [0.25, 0.3) is 11.7 Å². The number of hydrogen-bond acceptors (Lipinski definition) is 7. The van der Waals surface area contributed by atoms with Crippen LogP contribution in [0.15, 0.2) is 42.7 Å². The fourth-order valence-electron chi connectivity index (χ4n) is 2.93. The second kappa shape index (κ2) is 7.63. The maximum Gasteiger partial charge on any atom is 0.291 e. The minimum absolute atomic E-state index is 0.0654. The van der Waals surface area contributed by atoms with Gasteiger partial charge in [0, 0.05) is 17.0 Å². The number of amides is 1. The van der Waals surface area contributed by atoms with Crippen molar-refractivity contribution < 1.29 is 9.53 Å². The van der Waals surface area contributed by atoms with Crippen LogP contribution in [0.1, 0.15) is 27.7 Å². The number of carbonyl (C=O) groups excluding carboxylic acids is 1. The Bertz CT molecular complexity index is 1190. The van der Waals surface area contributed by atoms with Gasteiger partial charge >= 0.3 is 0 Å². The molecule has 29 heavy (non-hydrogen) atoms. The van der Waals surface area contributed by atoms with E-state index in [4.69, 9.17) is 4.74 Å². The molecule has 0 aliphatic heterocycles. The number of ether oxygens (including phenoxy) is 1. The number of rotatable bonds is 5. The Morgan fingerprint density at radius 2 is 1.90 bits per heavy atom. The molecule has 0 saturated heterocycles. The molecule has 0 saturated carbocycles. The number of benzene rings is 1. The van der Waals surface area contributed by atoms with Crippen molar-refractivity contribution in [3.05, 3.63) is 65.6 Å². The Hall–Kier alpha value is -3.88. The monoisotopic (exact) mass is 389 g/mol. The van der Waals surface area contributed by atoms with Crippen LogP contribution in [0.5, 0.6) is 5.75 Å². The molecule has 9 nitrogen and oxygen atoms in total. The van der Waals surface area contributed by atoms with Crippen LogP contribution < -0.4 is 10.1 Å². The summed E-state index contributed by atoms with van der Waals surface area (Å²) in [6, 6.07) is 11.3. The highest BCUT2D eigenvalue weighted by Gasteiger charge is 2.15. The number of nitrogens with zero attached hydrogens (tertiary/aromatic N) is 6. The van der Waals surface area contributed by atoms with Gasteiger partial charge in [-0.2, -0.15) is 4.98 Å². The van der Waals surface area contributed by atoms with Crippen molar-refractivity contribution in [2.75, 3.05) is 7.11 Å². The summed E-state index contributed by atoms with van der Waals surface area (Å²) < 4.78 is 6.72. The maximum atomic E-state index is 12.5. The first-order chi connectivity index (χ1) is 14.0. The molecular weight excluding hydrogens is 370 g/mol. The summed E-state index contributed by atoms with van der Waals surface area (Å²) in [6.45, 7) is 3.99. The van der Waals surface area contributed by atoms with Gasteiger partial charge in [0.2, 0.25) is 5.82 Å². The summed E-state index contributed by atoms with van der Waals surface area (Å²) in [5.41, 5.74) is 4.04. The third kappa shape index (κ3) is 3.88. The Morgan fingerprint density at radius 1 is 1.10 bits per heavy atom. The van der Waals surface area contributed by atoms with E-state index in [0.29, 0.717) is 11.5 Å². The number of nitrogens with one attached hydrogen (secondary N) is 1. The van der Waals surface area contributed by atoms with Gasteiger partial charge in [-0.05, 0) is 50.2 Å². The molecular formula is C20H19N7O2. The first-order valence-electron chi connectivity index (χ1n) is 8.98. The third-order valence-corrected chi connectivity index (χ3v) is 4.36. The predicted molar refractivity (Wildman–Crippen MR) is 105 cm³/mol. The minimum atomic E-state index is -0.392. The van der Waals surface area contributed by atoms with Crippen LogP contribution in [0, 0.1) is 13.8 Å². The van der Waals surface area contributed by atoms with Crippen molar-refractivity contribution >= 4 is 11.7 Å². The number of carbonyl (C=O) groups is 1. The number of hydrogen-bond donors (Lipinski definition) is 1. The summed E-state index contributed by atoms with van der Waals surface area (Å²) in [7, 11) is 1.62. The van der Waals surface area contributed by atoms with E-state index in [9.17, 15) is 4.79 Å². The summed E-state index contributed by atoms with van der Waals surface area (Å²) in [6.07, 6.45) is 1.47. The largest absolute Gasteiger partial charge is 0.497 e. The van der Waals surface area contributed by atoms with Crippen molar-refractivity contribution in [3.8, 4) is 17.0 Å². The number of fused-ring (bicyclic) bond motifs is 1. The maximum absolute atomic E-state index is 12.5. The summed E-state index contributed by atoms with van der Waals surface area (Å²) in [4.78, 5) is 29.5. The van der Waals surface area contributed by atoms with Crippen molar-refractivity contribution in [1.29, 1.82) is 0 Å². The van der Waals surface area contributed by atoms with Crippen molar-refractivity contribution in [1.82, 2.24) is 34.9 Å². The van der Waals surface area contributed by atoms with Gasteiger partial charge in [-0.1, -0.05) is 0 Å². The lowest BCUT2D eigenvalue weighted by molar-refractivity contribution is 0.0940. The zero-order valence-electron chi connectivity index (χ0n) is 16.2. The molecule has 0 radical (unpaired) electrons. The number of aryl methyl sites for hydroxylation is 2. The standard InChI is InChI=1S/C20H19N7O2/c1-12-8-13(2)27-20(24-12)25-18(26-27)19(28)21-10-15-9-17(23-11-22-15)14-4-6-16(29-3)7-5-14/h4-9,11H,10H2,1-3H3,(H,21,28). The molecule has 9 heteroatoms. The Labute approximate surface area is 166 Å². The van der Waals surface area contributed by atoms with E-state index >= 15 is 0 Å². The number of methoxy groups -OCH3 is 1. The van der Waals surface area contributed by atoms with E-state index in [1.54, 1.807) is 11.6 Å². The number of aromatic nitrogens is 6. The second-order valence-corrected chi connectivity index (χ2v) is 6.49. The highest BCUT2D eigenvalue weighted by atomic mass is 16.5. The SMILES string of the molecule is COc1ccc(-c2cc(CNC(=O)c3nc4nc(C)cc(C)n4n3)ncn2)cc1. The fraction of sp³-hybridized carbons (Fsp3) is 0.200. The summed E-state index contributed by atoms with van der Waals surface area (Å²) >= 11 is 0. The van der Waals surface area contributed by atoms with E-state index in [2.05, 4.69) is 30.4 Å². The van der Waals surface area contributed by atoms with E-state index in [0.717, 1.165) is 28.4 Å². The van der Waals surface area contributed by atoms with E-state index < -0.39 is 5.91 Å². The van der Waals surface area contributed by atoms with Gasteiger partial charge in [0.15, 0.2) is 0 Å². The lowest BCUT2D eigenvalue weighted by Gasteiger charge is -2.06. The highest BCUT2D eigenvalue weighted by Crippen LogP contribution is 2.20. The summed E-state index contributed by atoms with van der Waals surface area (Å²) in [5, 5.41) is 7.03. The molecule has 1 aromatic carbocycles. The van der Waals surface area contributed by atoms with E-state index in [1.165, 1.54) is 6.33 Å². The molecule has 1 amide bonds. The van der Waals surface area contributed by atoms with Crippen LogP contribution in [0.3, 0.4) is 0 Å². The average Bonchev–Trinajstić information content (AvgIpc) is 3.17. The Kier molecular flexibility index (Phi) is 4.86. The first-order valence-corrected chi connectivity index (χ1v) is 8.98. The quantitative estimate of drug-likeness (QED) is 0.557. The molecule has 0 atom stereocenters. The minimum Gasteiger partial charge on any atom is -0.497 e. The predicted octanol–water partition coefficient (Wildman–Crippen LogP) is 2.14. The molecule has 0 aliphatic rings. The van der Waals surface area contributed by atoms with Gasteiger partial charge in [-0.15, -0.1) is 5.10 Å².